The van der Waals surface area contributed by atoms with Gasteiger partial charge in [-0.15, -0.1) is 0 Å². The maximum absolute atomic E-state index is 11.8. The summed E-state index contributed by atoms with van der Waals surface area (Å²) in [6.45, 7) is 7.83. The molecule has 5 heteroatoms. The zero-order valence-corrected chi connectivity index (χ0v) is 14.9. The Morgan fingerprint density at radius 1 is 1.25 bits per heavy atom. The van der Waals surface area contributed by atoms with Crippen LogP contribution in [-0.2, 0) is 11.2 Å². The van der Waals surface area contributed by atoms with Crippen LogP contribution in [-0.4, -0.2) is 49.5 Å². The van der Waals surface area contributed by atoms with Crippen molar-refractivity contribution in [3.63, 3.8) is 0 Å². The third kappa shape index (κ3) is 5.87. The van der Waals surface area contributed by atoms with Crippen molar-refractivity contribution in [2.24, 2.45) is 10.9 Å². The van der Waals surface area contributed by atoms with Gasteiger partial charge in [0.2, 0.25) is 5.91 Å². The molecule has 1 fully saturated rings. The van der Waals surface area contributed by atoms with Gasteiger partial charge in [0.25, 0.3) is 0 Å². The fourth-order valence-electron chi connectivity index (χ4n) is 3.03. The first kappa shape index (κ1) is 18.3. The van der Waals surface area contributed by atoms with E-state index in [0.717, 1.165) is 38.4 Å². The van der Waals surface area contributed by atoms with E-state index in [9.17, 15) is 4.79 Å². The van der Waals surface area contributed by atoms with Crippen LogP contribution in [0.4, 0.5) is 0 Å². The summed E-state index contributed by atoms with van der Waals surface area (Å²) < 4.78 is 0. The van der Waals surface area contributed by atoms with Gasteiger partial charge in [0.1, 0.15) is 6.54 Å². The maximum atomic E-state index is 11.8. The van der Waals surface area contributed by atoms with Gasteiger partial charge in [-0.1, -0.05) is 37.3 Å². The molecule has 0 saturated carbocycles. The van der Waals surface area contributed by atoms with E-state index in [2.05, 4.69) is 57.8 Å². The number of carbonyl (C=O) groups excluding carboxylic acids is 1. The molecule has 1 aliphatic rings. The Labute approximate surface area is 145 Å². The highest BCUT2D eigenvalue weighted by molar-refractivity contribution is 5.85. The summed E-state index contributed by atoms with van der Waals surface area (Å²) in [5.41, 5.74) is 1.39. The van der Waals surface area contributed by atoms with Gasteiger partial charge in [-0.3, -0.25) is 4.79 Å². The topological polar surface area (TPSA) is 56.7 Å². The molecule has 132 valence electrons. The van der Waals surface area contributed by atoms with E-state index in [0.29, 0.717) is 12.5 Å². The number of benzene rings is 1. The van der Waals surface area contributed by atoms with Crippen molar-refractivity contribution in [3.8, 4) is 0 Å². The van der Waals surface area contributed by atoms with Crippen molar-refractivity contribution < 1.29 is 4.79 Å². The third-order valence-electron chi connectivity index (χ3n) is 4.23. The number of amides is 1. The molecule has 1 aromatic carbocycles. The summed E-state index contributed by atoms with van der Waals surface area (Å²) in [6.07, 6.45) is 3.22. The number of guanidine groups is 1. The van der Waals surface area contributed by atoms with Gasteiger partial charge >= 0.3 is 0 Å². The van der Waals surface area contributed by atoms with E-state index in [-0.39, 0.29) is 12.5 Å². The minimum absolute atomic E-state index is 0.00714. The standard InChI is InChI=1S/C19H30N4O/c1-3-11-21-18(24)14-22-19(20-4-2)23-12-10-17(15-23)13-16-8-6-5-7-9-16/h5-9,17H,3-4,10-15H2,1-2H3,(H,20,22)(H,21,24). The van der Waals surface area contributed by atoms with Crippen LogP contribution in [0.2, 0.25) is 0 Å². The predicted molar refractivity (Wildman–Crippen MR) is 99.1 cm³/mol. The summed E-state index contributed by atoms with van der Waals surface area (Å²) in [4.78, 5) is 18.6. The lowest BCUT2D eigenvalue weighted by Gasteiger charge is -2.21. The van der Waals surface area contributed by atoms with Crippen LogP contribution in [0.1, 0.15) is 32.3 Å². The van der Waals surface area contributed by atoms with Gasteiger partial charge in [0.05, 0.1) is 0 Å². The van der Waals surface area contributed by atoms with Gasteiger partial charge < -0.3 is 15.5 Å². The Balaban J connectivity index is 1.88. The molecule has 2 N–H and O–H groups in total. The van der Waals surface area contributed by atoms with E-state index < -0.39 is 0 Å². The average molecular weight is 330 g/mol. The average Bonchev–Trinajstić information content (AvgIpc) is 3.06. The van der Waals surface area contributed by atoms with Crippen LogP contribution in [0, 0.1) is 5.92 Å². The monoisotopic (exact) mass is 330 g/mol. The van der Waals surface area contributed by atoms with Gasteiger partial charge in [-0.05, 0) is 37.7 Å². The molecule has 2 rings (SSSR count). The molecule has 1 heterocycles. The highest BCUT2D eigenvalue weighted by Crippen LogP contribution is 2.20. The number of nitrogens with zero attached hydrogens (tertiary/aromatic N) is 2. The highest BCUT2D eigenvalue weighted by atomic mass is 16.1. The van der Waals surface area contributed by atoms with E-state index in [1.807, 2.05) is 6.92 Å². The van der Waals surface area contributed by atoms with Crippen molar-refractivity contribution in [2.45, 2.75) is 33.1 Å². The maximum Gasteiger partial charge on any atom is 0.241 e. The summed E-state index contributed by atoms with van der Waals surface area (Å²) in [6, 6.07) is 10.6. The predicted octanol–water partition coefficient (Wildman–Crippen LogP) is 2.04. The number of nitrogens with one attached hydrogen (secondary N) is 2. The number of carbonyl (C=O) groups is 1. The van der Waals surface area contributed by atoms with Crippen molar-refractivity contribution in [1.82, 2.24) is 15.5 Å². The van der Waals surface area contributed by atoms with E-state index in [1.165, 1.54) is 12.0 Å². The first-order chi connectivity index (χ1) is 11.7. The Bertz CT molecular complexity index is 529. The Hall–Kier alpha value is -2.04. The van der Waals surface area contributed by atoms with Crippen LogP contribution in [0.5, 0.6) is 0 Å². The SMILES string of the molecule is CCCNC(=O)CN=C(NCC)N1CCC(Cc2ccccc2)C1. The Morgan fingerprint density at radius 3 is 2.75 bits per heavy atom. The molecule has 1 aliphatic heterocycles. The number of likely N-dealkylation sites (tertiary alicyclic amines) is 1. The Morgan fingerprint density at radius 2 is 2.04 bits per heavy atom. The van der Waals surface area contributed by atoms with Crippen molar-refractivity contribution in [3.05, 3.63) is 35.9 Å². The molecule has 1 unspecified atom stereocenters. The first-order valence-electron chi connectivity index (χ1n) is 9.06. The quantitative estimate of drug-likeness (QED) is 0.594. The lowest BCUT2D eigenvalue weighted by molar-refractivity contribution is -0.119. The van der Waals surface area contributed by atoms with Crippen molar-refractivity contribution in [2.75, 3.05) is 32.7 Å². The molecule has 0 bridgehead atoms. The molecule has 0 spiro atoms. The molecule has 5 nitrogen and oxygen atoms in total. The van der Waals surface area contributed by atoms with Gasteiger partial charge in [-0.2, -0.15) is 0 Å². The Kier molecular flexibility index (Phi) is 7.59. The lowest BCUT2D eigenvalue weighted by Crippen LogP contribution is -2.41. The largest absolute Gasteiger partial charge is 0.357 e. The van der Waals surface area contributed by atoms with Gasteiger partial charge in [0.15, 0.2) is 5.96 Å². The van der Waals surface area contributed by atoms with Crippen LogP contribution >= 0.6 is 0 Å². The lowest BCUT2D eigenvalue weighted by atomic mass is 9.99. The molecule has 24 heavy (non-hydrogen) atoms. The second-order valence-corrected chi connectivity index (χ2v) is 6.31. The van der Waals surface area contributed by atoms with Crippen molar-refractivity contribution >= 4 is 11.9 Å². The molecular weight excluding hydrogens is 300 g/mol. The van der Waals surface area contributed by atoms with Gasteiger partial charge in [-0.25, -0.2) is 4.99 Å². The molecular formula is C19H30N4O. The summed E-state index contributed by atoms with van der Waals surface area (Å²) >= 11 is 0. The molecule has 1 amide bonds. The molecule has 1 aromatic rings. The van der Waals surface area contributed by atoms with E-state index in [1.54, 1.807) is 0 Å². The molecule has 1 atom stereocenters. The fourth-order valence-corrected chi connectivity index (χ4v) is 3.03. The third-order valence-corrected chi connectivity index (χ3v) is 4.23. The zero-order chi connectivity index (χ0) is 17.2. The van der Waals surface area contributed by atoms with Crippen LogP contribution in [0.15, 0.2) is 35.3 Å². The number of aliphatic imine (C=N–C) groups is 1. The number of hydrogen-bond donors (Lipinski definition) is 2. The smallest absolute Gasteiger partial charge is 0.241 e. The molecule has 1 saturated heterocycles. The molecule has 0 radical (unpaired) electrons. The fraction of sp³-hybridized carbons (Fsp3) is 0.579. The summed E-state index contributed by atoms with van der Waals surface area (Å²) in [5.74, 6) is 1.50. The highest BCUT2D eigenvalue weighted by Gasteiger charge is 2.25. The zero-order valence-electron chi connectivity index (χ0n) is 14.9. The molecule has 0 aromatic heterocycles. The summed E-state index contributed by atoms with van der Waals surface area (Å²) in [7, 11) is 0. The minimum atomic E-state index is -0.00714. The second-order valence-electron chi connectivity index (χ2n) is 6.31. The second kappa shape index (κ2) is 9.96. The number of hydrogen-bond acceptors (Lipinski definition) is 2. The van der Waals surface area contributed by atoms with Crippen molar-refractivity contribution in [1.29, 1.82) is 0 Å². The normalized spacial score (nSPS) is 17.8. The van der Waals surface area contributed by atoms with Crippen LogP contribution < -0.4 is 10.6 Å². The molecule has 0 aliphatic carbocycles. The minimum Gasteiger partial charge on any atom is -0.357 e. The summed E-state index contributed by atoms with van der Waals surface area (Å²) in [5, 5.41) is 6.19. The first-order valence-corrected chi connectivity index (χ1v) is 9.06. The van der Waals surface area contributed by atoms with Crippen LogP contribution in [0.25, 0.3) is 0 Å². The van der Waals surface area contributed by atoms with E-state index in [4.69, 9.17) is 0 Å². The van der Waals surface area contributed by atoms with Gasteiger partial charge in [0, 0.05) is 26.2 Å². The number of rotatable bonds is 7. The van der Waals surface area contributed by atoms with Crippen LogP contribution in [0.3, 0.4) is 0 Å². The van der Waals surface area contributed by atoms with E-state index >= 15 is 0 Å².